The van der Waals surface area contributed by atoms with Gasteiger partial charge in [-0.1, -0.05) is 43.3 Å². The van der Waals surface area contributed by atoms with Gasteiger partial charge in [0.15, 0.2) is 0 Å². The lowest BCUT2D eigenvalue weighted by Crippen LogP contribution is -2.58. The molecular weight excluding hydrogens is 608 g/mol. The van der Waals surface area contributed by atoms with Crippen molar-refractivity contribution in [3.63, 3.8) is 0 Å². The number of hydrogen-bond acceptors (Lipinski definition) is 7. The van der Waals surface area contributed by atoms with Crippen molar-refractivity contribution in [2.45, 2.75) is 115 Å². The van der Waals surface area contributed by atoms with Crippen LogP contribution in [0.25, 0.3) is 6.08 Å². The molecule has 4 bridgehead atoms. The van der Waals surface area contributed by atoms with Crippen LogP contribution in [0.1, 0.15) is 115 Å². The van der Waals surface area contributed by atoms with E-state index < -0.39 is 28.9 Å². The molecule has 48 heavy (non-hydrogen) atoms. The van der Waals surface area contributed by atoms with E-state index in [0.29, 0.717) is 44.5 Å². The number of guanidine groups is 1. The lowest BCUT2D eigenvalue weighted by atomic mass is 9.82. The van der Waals surface area contributed by atoms with Gasteiger partial charge < -0.3 is 19.5 Å². The fourth-order valence-corrected chi connectivity index (χ4v) is 7.35. The summed E-state index contributed by atoms with van der Waals surface area (Å²) in [5.41, 5.74) is 0.894. The van der Waals surface area contributed by atoms with Crippen molar-refractivity contribution in [3.8, 4) is 11.5 Å². The Morgan fingerprint density at radius 2 is 1.92 bits per heavy atom. The van der Waals surface area contributed by atoms with Crippen molar-refractivity contribution >= 4 is 29.9 Å². The second-order valence-corrected chi connectivity index (χ2v) is 15.1. The van der Waals surface area contributed by atoms with Gasteiger partial charge in [0.05, 0.1) is 30.7 Å². The summed E-state index contributed by atoms with van der Waals surface area (Å²) in [6.07, 6.45) is 6.90. The molecule has 256 valence electrons. The lowest BCUT2D eigenvalue weighted by molar-refractivity contribution is -0.133. The summed E-state index contributed by atoms with van der Waals surface area (Å²) in [4.78, 5) is 48.2. The van der Waals surface area contributed by atoms with Gasteiger partial charge in [0.1, 0.15) is 22.7 Å². The maximum Gasteiger partial charge on any atom is 0.414 e. The predicted octanol–water partition coefficient (Wildman–Crippen LogP) is 7.00. The van der Waals surface area contributed by atoms with Gasteiger partial charge in [-0.2, -0.15) is 0 Å². The molecule has 10 nitrogen and oxygen atoms in total. The highest BCUT2D eigenvalue weighted by Gasteiger charge is 2.47. The average molecular weight is 657 g/mol. The monoisotopic (exact) mass is 656 g/mol. The second-order valence-electron chi connectivity index (χ2n) is 15.1. The second kappa shape index (κ2) is 12.9. The van der Waals surface area contributed by atoms with Crippen LogP contribution in [0, 0.1) is 5.92 Å². The van der Waals surface area contributed by atoms with Gasteiger partial charge in [-0.3, -0.25) is 19.8 Å². The highest BCUT2D eigenvalue weighted by atomic mass is 16.6. The maximum absolute atomic E-state index is 14.4. The van der Waals surface area contributed by atoms with Crippen LogP contribution in [0.5, 0.6) is 11.5 Å². The molecule has 7 rings (SSSR count). The van der Waals surface area contributed by atoms with Gasteiger partial charge in [0, 0.05) is 29.9 Å². The summed E-state index contributed by atoms with van der Waals surface area (Å²) in [5.74, 6) is 1.16. The first-order chi connectivity index (χ1) is 22.7. The molecule has 5 heterocycles. The van der Waals surface area contributed by atoms with Gasteiger partial charge in [-0.25, -0.2) is 9.79 Å². The van der Waals surface area contributed by atoms with Crippen LogP contribution in [0.15, 0.2) is 53.5 Å². The molecule has 0 radical (unpaired) electrons. The Bertz CT molecular complexity index is 1640. The van der Waals surface area contributed by atoms with Gasteiger partial charge >= 0.3 is 6.09 Å². The standard InChI is InChI=1S/C38H48N4O6/c1-7-38-19-11-10-12-24-15-17-30-27(20-24)28(21-37(5,6)47-30)39-31(43)18-16-25-23-46-29-14-9-8-13-26(29)33(25)42(32(44)22-38)34(41-38)40-35(45)48-36(2,3)4/h8-10,12-15,17,20,25,28,33H,7,11,16,18-19,21-23H2,1-6H3,(H,39,43)(H,40,41,45)/b12-10+/t25-,28+,33+,38-/m1/s1. The van der Waals surface area contributed by atoms with Crippen LogP contribution in [0.4, 0.5) is 4.79 Å². The molecule has 10 heteroatoms. The number of allylic oxidation sites excluding steroid dienone is 1. The fraction of sp³-hybridized carbons (Fsp3) is 0.526. The molecular formula is C38H48N4O6. The van der Waals surface area contributed by atoms with E-state index in [-0.39, 0.29) is 42.6 Å². The number of alkyl carbamates (subject to hydrolysis) is 1. The van der Waals surface area contributed by atoms with Crippen LogP contribution in [0.2, 0.25) is 0 Å². The fourth-order valence-electron chi connectivity index (χ4n) is 7.35. The van der Waals surface area contributed by atoms with Crippen molar-refractivity contribution in [2.75, 3.05) is 6.61 Å². The largest absolute Gasteiger partial charge is 0.493 e. The van der Waals surface area contributed by atoms with E-state index in [2.05, 4.69) is 28.9 Å². The Morgan fingerprint density at radius 3 is 2.69 bits per heavy atom. The van der Waals surface area contributed by atoms with Gasteiger partial charge in [-0.05, 0) is 84.1 Å². The zero-order valence-corrected chi connectivity index (χ0v) is 28.9. The molecule has 5 aliphatic heterocycles. The first-order valence-electron chi connectivity index (χ1n) is 17.2. The first-order valence-corrected chi connectivity index (χ1v) is 17.2. The number of carbonyl (C=O) groups is 3. The lowest BCUT2D eigenvalue weighted by Gasteiger charge is -2.45. The van der Waals surface area contributed by atoms with E-state index in [1.807, 2.05) is 57.2 Å². The third-order valence-corrected chi connectivity index (χ3v) is 9.66. The van der Waals surface area contributed by atoms with Crippen LogP contribution in [-0.4, -0.2) is 52.1 Å². The van der Waals surface area contributed by atoms with Crippen molar-refractivity contribution in [1.29, 1.82) is 0 Å². The third kappa shape index (κ3) is 7.22. The van der Waals surface area contributed by atoms with E-state index in [1.165, 1.54) is 0 Å². The summed E-state index contributed by atoms with van der Waals surface area (Å²) in [5, 5.41) is 6.16. The quantitative estimate of drug-likeness (QED) is 0.341. The summed E-state index contributed by atoms with van der Waals surface area (Å²) in [7, 11) is 0. The number of rotatable bonds is 1. The zero-order chi connectivity index (χ0) is 34.3. The summed E-state index contributed by atoms with van der Waals surface area (Å²) < 4.78 is 18.2. The minimum Gasteiger partial charge on any atom is -0.493 e. The summed E-state index contributed by atoms with van der Waals surface area (Å²) >= 11 is 0. The van der Waals surface area contributed by atoms with Crippen LogP contribution in [0.3, 0.4) is 0 Å². The Balaban J connectivity index is 1.43. The SMILES string of the molecule is CC[C@@]12CC/C=C/c3ccc4c(c3)[C@H](CC(C)(C)O4)NC(=O)CC[C@@H]3COc4ccccc4[C@H]3N(C(=O)C1)C(NC(=O)OC(C)(C)C)=N2. The molecule has 0 aliphatic carbocycles. The maximum atomic E-state index is 14.4. The number of para-hydroxylation sites is 1. The molecule has 2 aromatic carbocycles. The normalized spacial score (nSPS) is 27.4. The number of nitrogens with one attached hydrogen (secondary N) is 2. The Hall–Kier alpha value is -4.34. The number of aliphatic imine (C=N–C) groups is 1. The molecule has 0 saturated heterocycles. The van der Waals surface area contributed by atoms with Crippen LogP contribution >= 0.6 is 0 Å². The number of ether oxygens (including phenoxy) is 3. The highest BCUT2D eigenvalue weighted by molar-refractivity contribution is 6.05. The average Bonchev–Trinajstić information content (AvgIpc) is 3.00. The molecule has 4 atom stereocenters. The summed E-state index contributed by atoms with van der Waals surface area (Å²) in [6.45, 7) is 11.8. The molecule has 0 fully saturated rings. The smallest absolute Gasteiger partial charge is 0.414 e. The molecule has 0 saturated carbocycles. The number of fused-ring (bicyclic) bond motifs is 7. The van der Waals surface area contributed by atoms with Gasteiger partial charge in [0.2, 0.25) is 17.8 Å². The molecule has 3 amide bonds. The van der Waals surface area contributed by atoms with Gasteiger partial charge in [-0.15, -0.1) is 0 Å². The molecule has 0 spiro atoms. The third-order valence-electron chi connectivity index (χ3n) is 9.66. The van der Waals surface area contributed by atoms with Gasteiger partial charge in [0.25, 0.3) is 0 Å². The Kier molecular flexibility index (Phi) is 9.04. The van der Waals surface area contributed by atoms with Crippen molar-refractivity contribution in [3.05, 3.63) is 65.2 Å². The Labute approximate surface area is 283 Å². The number of nitrogens with zero attached hydrogens (tertiary/aromatic N) is 2. The van der Waals surface area contributed by atoms with Crippen molar-refractivity contribution in [1.82, 2.24) is 15.5 Å². The highest BCUT2D eigenvalue weighted by Crippen LogP contribution is 2.45. The van der Waals surface area contributed by atoms with Crippen molar-refractivity contribution in [2.24, 2.45) is 10.9 Å². The number of amides is 3. The number of hydrogen-bond donors (Lipinski definition) is 2. The number of benzene rings is 2. The molecule has 2 N–H and O–H groups in total. The topological polar surface area (TPSA) is 119 Å². The van der Waals surface area contributed by atoms with E-state index in [0.717, 1.165) is 22.4 Å². The minimum absolute atomic E-state index is 0.0842. The molecule has 0 unspecified atom stereocenters. The molecule has 2 aromatic rings. The van der Waals surface area contributed by atoms with E-state index in [9.17, 15) is 14.4 Å². The first kappa shape index (κ1) is 33.6. The molecule has 0 aromatic heterocycles. The van der Waals surface area contributed by atoms with Crippen LogP contribution in [-0.2, 0) is 14.3 Å². The predicted molar refractivity (Wildman–Crippen MR) is 184 cm³/mol. The van der Waals surface area contributed by atoms with E-state index in [1.54, 1.807) is 25.7 Å². The van der Waals surface area contributed by atoms with E-state index in [4.69, 9.17) is 19.2 Å². The minimum atomic E-state index is -0.745. The van der Waals surface area contributed by atoms with Crippen molar-refractivity contribution < 1.29 is 28.6 Å². The summed E-state index contributed by atoms with van der Waals surface area (Å²) in [6, 6.07) is 13.0. The molecule has 5 aliphatic rings. The van der Waals surface area contributed by atoms with Crippen LogP contribution < -0.4 is 20.1 Å². The Morgan fingerprint density at radius 1 is 1.12 bits per heavy atom. The zero-order valence-electron chi connectivity index (χ0n) is 28.9. The van der Waals surface area contributed by atoms with E-state index >= 15 is 0 Å². The number of carbonyl (C=O) groups excluding carboxylic acids is 3.